The summed E-state index contributed by atoms with van der Waals surface area (Å²) in [6, 6.07) is 2.07. The lowest BCUT2D eigenvalue weighted by atomic mass is 10.2. The van der Waals surface area contributed by atoms with Crippen LogP contribution in [-0.2, 0) is 12.8 Å². The third-order valence-corrected chi connectivity index (χ3v) is 1.79. The molecule has 0 unspecified atom stereocenters. The predicted molar refractivity (Wildman–Crippen MR) is 59.5 cm³/mol. The van der Waals surface area contributed by atoms with Gasteiger partial charge in [-0.2, -0.15) is 0 Å². The molecule has 1 rings (SSSR count). The van der Waals surface area contributed by atoms with Crippen molar-refractivity contribution in [3.8, 4) is 0 Å². The molecule has 1 aromatic rings. The minimum Gasteiger partial charge on any atom is -0.335 e. The summed E-state index contributed by atoms with van der Waals surface area (Å²) in [5.41, 5.74) is 2.24. The molecule has 0 saturated carbocycles. The smallest absolute Gasteiger partial charge is 0.197 e. The molecule has 0 aromatic carbocycles. The Morgan fingerprint density at radius 3 is 2.38 bits per heavy atom. The zero-order valence-electron chi connectivity index (χ0n) is 8.85. The van der Waals surface area contributed by atoms with Gasteiger partial charge in [-0.1, -0.05) is 27.7 Å². The lowest BCUT2D eigenvalue weighted by molar-refractivity contribution is 0.922. The van der Waals surface area contributed by atoms with Crippen molar-refractivity contribution in [3.63, 3.8) is 0 Å². The third-order valence-electron chi connectivity index (χ3n) is 1.60. The molecule has 0 spiro atoms. The standard InChI is InChI=1S/C8H12N2S.C2H6/c1-3-6-5-7(4-2)10-8(11)9-6;1-2/h5H,3-4H2,1-2H3,(H,9,10,11);1-2H3. The first-order valence-electron chi connectivity index (χ1n) is 4.85. The van der Waals surface area contributed by atoms with Gasteiger partial charge < -0.3 is 4.98 Å². The number of hydrogen-bond donors (Lipinski definition) is 1. The maximum absolute atomic E-state index is 4.95. The summed E-state index contributed by atoms with van der Waals surface area (Å²) in [5, 5.41) is 0. The van der Waals surface area contributed by atoms with Gasteiger partial charge in [0.2, 0.25) is 0 Å². The number of nitrogens with zero attached hydrogens (tertiary/aromatic N) is 1. The van der Waals surface area contributed by atoms with Crippen LogP contribution in [0.15, 0.2) is 6.07 Å². The molecule has 0 saturated heterocycles. The van der Waals surface area contributed by atoms with E-state index in [1.807, 2.05) is 13.8 Å². The van der Waals surface area contributed by atoms with Crippen LogP contribution in [0.5, 0.6) is 0 Å². The van der Waals surface area contributed by atoms with Crippen molar-refractivity contribution >= 4 is 12.2 Å². The van der Waals surface area contributed by atoms with Gasteiger partial charge in [0.25, 0.3) is 0 Å². The Morgan fingerprint density at radius 1 is 1.31 bits per heavy atom. The van der Waals surface area contributed by atoms with Crippen molar-refractivity contribution in [1.82, 2.24) is 9.97 Å². The molecule has 0 radical (unpaired) electrons. The van der Waals surface area contributed by atoms with E-state index in [2.05, 4.69) is 29.9 Å². The Bertz CT molecular complexity index is 266. The fraction of sp³-hybridized carbons (Fsp3) is 0.600. The van der Waals surface area contributed by atoms with Crippen LogP contribution in [0.1, 0.15) is 39.1 Å². The Kier molecular flexibility index (Phi) is 6.41. The van der Waals surface area contributed by atoms with Crippen molar-refractivity contribution in [2.45, 2.75) is 40.5 Å². The molecular weight excluding hydrogens is 180 g/mol. The molecule has 0 aliphatic heterocycles. The first-order valence-corrected chi connectivity index (χ1v) is 5.26. The number of hydrogen-bond acceptors (Lipinski definition) is 2. The van der Waals surface area contributed by atoms with Gasteiger partial charge in [0, 0.05) is 11.4 Å². The molecule has 0 amide bonds. The molecule has 0 bridgehead atoms. The molecule has 2 nitrogen and oxygen atoms in total. The number of nitrogens with one attached hydrogen (secondary N) is 1. The van der Waals surface area contributed by atoms with Crippen molar-refractivity contribution in [2.75, 3.05) is 0 Å². The highest BCUT2D eigenvalue weighted by Gasteiger charge is 1.93. The third kappa shape index (κ3) is 4.18. The van der Waals surface area contributed by atoms with Crippen LogP contribution >= 0.6 is 12.2 Å². The molecule has 3 heteroatoms. The van der Waals surface area contributed by atoms with Crippen LogP contribution in [0.3, 0.4) is 0 Å². The highest BCUT2D eigenvalue weighted by atomic mass is 32.1. The molecule has 1 N–H and O–H groups in total. The van der Waals surface area contributed by atoms with E-state index in [1.54, 1.807) is 0 Å². The van der Waals surface area contributed by atoms with E-state index < -0.39 is 0 Å². The van der Waals surface area contributed by atoms with Crippen molar-refractivity contribution in [2.24, 2.45) is 0 Å². The van der Waals surface area contributed by atoms with Crippen molar-refractivity contribution in [1.29, 1.82) is 0 Å². The minimum absolute atomic E-state index is 0.598. The summed E-state index contributed by atoms with van der Waals surface area (Å²) >= 11 is 4.95. The monoisotopic (exact) mass is 198 g/mol. The van der Waals surface area contributed by atoms with Gasteiger partial charge in [-0.05, 0) is 31.1 Å². The van der Waals surface area contributed by atoms with Gasteiger partial charge in [-0.15, -0.1) is 0 Å². The second-order valence-corrected chi connectivity index (χ2v) is 2.80. The second kappa shape index (κ2) is 6.78. The molecule has 13 heavy (non-hydrogen) atoms. The number of aryl methyl sites for hydroxylation is 2. The normalized spacial score (nSPS) is 8.92. The van der Waals surface area contributed by atoms with E-state index in [4.69, 9.17) is 12.2 Å². The summed E-state index contributed by atoms with van der Waals surface area (Å²) in [5.74, 6) is 0. The van der Waals surface area contributed by atoms with Crippen molar-refractivity contribution in [3.05, 3.63) is 22.2 Å². The molecule has 1 aromatic heterocycles. The van der Waals surface area contributed by atoms with E-state index in [0.717, 1.165) is 18.5 Å². The van der Waals surface area contributed by atoms with Crippen LogP contribution in [0.4, 0.5) is 0 Å². The van der Waals surface area contributed by atoms with E-state index in [0.29, 0.717) is 4.77 Å². The van der Waals surface area contributed by atoms with E-state index in [-0.39, 0.29) is 0 Å². The molecule has 1 heterocycles. The average Bonchev–Trinajstić information content (AvgIpc) is 2.20. The topological polar surface area (TPSA) is 28.7 Å². The van der Waals surface area contributed by atoms with E-state index in [9.17, 15) is 0 Å². The average molecular weight is 198 g/mol. The van der Waals surface area contributed by atoms with Gasteiger partial charge in [0.05, 0.1) is 0 Å². The second-order valence-electron chi connectivity index (χ2n) is 2.41. The molecule has 0 aliphatic carbocycles. The predicted octanol–water partition coefficient (Wildman–Crippen LogP) is 3.29. The van der Waals surface area contributed by atoms with E-state index >= 15 is 0 Å². The molecular formula is C10H18N2S. The number of aromatic nitrogens is 2. The first-order chi connectivity index (χ1) is 6.26. The molecule has 0 atom stereocenters. The van der Waals surface area contributed by atoms with Crippen LogP contribution < -0.4 is 0 Å². The van der Waals surface area contributed by atoms with Crippen LogP contribution in [-0.4, -0.2) is 9.97 Å². The summed E-state index contributed by atoms with van der Waals surface area (Å²) in [7, 11) is 0. The number of H-pyrrole nitrogens is 1. The van der Waals surface area contributed by atoms with Crippen molar-refractivity contribution < 1.29 is 0 Å². The Labute approximate surface area is 85.4 Å². The summed E-state index contributed by atoms with van der Waals surface area (Å²) in [6.07, 6.45) is 1.94. The first kappa shape index (κ1) is 12.3. The van der Waals surface area contributed by atoms with Crippen LogP contribution in [0.25, 0.3) is 0 Å². The zero-order chi connectivity index (χ0) is 10.3. The fourth-order valence-corrected chi connectivity index (χ4v) is 1.19. The summed E-state index contributed by atoms with van der Waals surface area (Å²) < 4.78 is 0.598. The van der Waals surface area contributed by atoms with Crippen LogP contribution in [0.2, 0.25) is 0 Å². The number of aromatic amines is 1. The quantitative estimate of drug-likeness (QED) is 0.739. The van der Waals surface area contributed by atoms with Gasteiger partial charge in [0.15, 0.2) is 4.77 Å². The van der Waals surface area contributed by atoms with E-state index in [1.165, 1.54) is 5.69 Å². The minimum atomic E-state index is 0.598. The lowest BCUT2D eigenvalue weighted by Crippen LogP contribution is -1.95. The Balaban J connectivity index is 0.000000671. The summed E-state index contributed by atoms with van der Waals surface area (Å²) in [4.78, 5) is 7.19. The highest BCUT2D eigenvalue weighted by Crippen LogP contribution is 2.00. The fourth-order valence-electron chi connectivity index (χ4n) is 0.937. The highest BCUT2D eigenvalue weighted by molar-refractivity contribution is 7.71. The SMILES string of the molecule is CC.CCc1cc(CC)[nH]c(=S)n1. The zero-order valence-corrected chi connectivity index (χ0v) is 9.66. The van der Waals surface area contributed by atoms with Gasteiger partial charge >= 0.3 is 0 Å². The Hall–Kier alpha value is -0.700. The van der Waals surface area contributed by atoms with Gasteiger partial charge in [0.1, 0.15) is 0 Å². The lowest BCUT2D eigenvalue weighted by Gasteiger charge is -1.99. The maximum atomic E-state index is 4.95. The number of rotatable bonds is 2. The summed E-state index contributed by atoms with van der Waals surface area (Å²) in [6.45, 7) is 8.18. The molecule has 0 fully saturated rings. The molecule has 0 aliphatic rings. The van der Waals surface area contributed by atoms with Crippen LogP contribution in [0, 0.1) is 4.77 Å². The van der Waals surface area contributed by atoms with Gasteiger partial charge in [-0.3, -0.25) is 0 Å². The molecule has 74 valence electrons. The largest absolute Gasteiger partial charge is 0.335 e. The van der Waals surface area contributed by atoms with Gasteiger partial charge in [-0.25, -0.2) is 4.98 Å². The maximum Gasteiger partial charge on any atom is 0.197 e. The Morgan fingerprint density at radius 2 is 1.92 bits per heavy atom.